The summed E-state index contributed by atoms with van der Waals surface area (Å²) in [4.78, 5) is 2.45. The minimum absolute atomic E-state index is 0.0788. The lowest BCUT2D eigenvalue weighted by Gasteiger charge is -2.44. The Morgan fingerprint density at radius 2 is 1.81 bits per heavy atom. The van der Waals surface area contributed by atoms with Gasteiger partial charge in [-0.25, -0.2) is 0 Å². The average molecular weight is 336 g/mol. The van der Waals surface area contributed by atoms with Crippen LogP contribution >= 0.6 is 11.6 Å². The summed E-state index contributed by atoms with van der Waals surface area (Å²) in [5.74, 6) is 1.12. The number of hydrogen-bond donors (Lipinski definition) is 0. The molecule has 5 nitrogen and oxygen atoms in total. The van der Waals surface area contributed by atoms with Crippen LogP contribution in [-0.2, 0) is 10.2 Å². The highest BCUT2D eigenvalue weighted by Crippen LogP contribution is 2.29. The molecule has 3 fully saturated rings. The Morgan fingerprint density at radius 3 is 2.48 bits per heavy atom. The predicted octanol–water partition coefficient (Wildman–Crippen LogP) is 1.35. The Bertz CT molecular complexity index is 465. The number of piperidine rings is 1. The molecule has 0 spiro atoms. The number of piperazine rings is 1. The first-order valence-electron chi connectivity index (χ1n) is 8.09. The lowest BCUT2D eigenvalue weighted by Crippen LogP contribution is -2.60. The Balaban J connectivity index is 1.69. The number of halogens is 1. The Morgan fingerprint density at radius 1 is 1.10 bits per heavy atom. The van der Waals surface area contributed by atoms with Gasteiger partial charge < -0.3 is 0 Å². The molecule has 7 heteroatoms. The molecule has 0 bridgehead atoms. The van der Waals surface area contributed by atoms with Crippen LogP contribution < -0.4 is 0 Å². The monoisotopic (exact) mass is 335 g/mol. The zero-order chi connectivity index (χ0) is 15.0. The summed E-state index contributed by atoms with van der Waals surface area (Å²) in [7, 11) is -3.31. The van der Waals surface area contributed by atoms with Gasteiger partial charge in [-0.1, -0.05) is 0 Å². The van der Waals surface area contributed by atoms with E-state index in [4.69, 9.17) is 11.6 Å². The Kier molecular flexibility index (Phi) is 4.81. The summed E-state index contributed by atoms with van der Waals surface area (Å²) in [6.45, 7) is 5.96. The number of fused-ring (bicyclic) bond motifs is 1. The molecule has 0 aromatic rings. The van der Waals surface area contributed by atoms with Crippen LogP contribution in [0.4, 0.5) is 0 Å². The van der Waals surface area contributed by atoms with Crippen molar-refractivity contribution in [2.45, 2.75) is 44.7 Å². The molecule has 3 aliphatic heterocycles. The zero-order valence-corrected chi connectivity index (χ0v) is 14.3. The third kappa shape index (κ3) is 3.11. The number of rotatable bonds is 3. The maximum atomic E-state index is 12.9. The SMILES string of the molecule is CC1CN2CCCC2CN1S(=O)(=O)N1CCC(CCl)CC1. The second-order valence-electron chi connectivity index (χ2n) is 6.71. The molecule has 0 radical (unpaired) electrons. The van der Waals surface area contributed by atoms with Gasteiger partial charge in [0.15, 0.2) is 0 Å². The molecular weight excluding hydrogens is 310 g/mol. The molecule has 0 N–H and O–H groups in total. The van der Waals surface area contributed by atoms with Crippen molar-refractivity contribution in [2.75, 3.05) is 38.6 Å². The summed E-state index contributed by atoms with van der Waals surface area (Å²) in [6.07, 6.45) is 4.11. The topological polar surface area (TPSA) is 43.9 Å². The molecule has 0 aromatic heterocycles. The predicted molar refractivity (Wildman–Crippen MR) is 84.7 cm³/mol. The van der Waals surface area contributed by atoms with Gasteiger partial charge in [-0.2, -0.15) is 17.0 Å². The highest BCUT2D eigenvalue weighted by Gasteiger charge is 2.42. The molecule has 3 heterocycles. The molecule has 21 heavy (non-hydrogen) atoms. The Hall–Kier alpha value is 0.120. The second-order valence-corrected chi connectivity index (χ2v) is 8.90. The third-order valence-electron chi connectivity index (χ3n) is 5.29. The van der Waals surface area contributed by atoms with E-state index in [1.54, 1.807) is 8.61 Å². The van der Waals surface area contributed by atoms with Crippen LogP contribution in [0.1, 0.15) is 32.6 Å². The van der Waals surface area contributed by atoms with Crippen LogP contribution in [0.3, 0.4) is 0 Å². The molecule has 3 aliphatic rings. The summed E-state index contributed by atoms with van der Waals surface area (Å²) in [5, 5.41) is 0. The molecule has 3 rings (SSSR count). The van der Waals surface area contributed by atoms with Crippen LogP contribution in [-0.4, -0.2) is 72.6 Å². The maximum absolute atomic E-state index is 12.9. The smallest absolute Gasteiger partial charge is 0.282 e. The number of nitrogens with zero attached hydrogens (tertiary/aromatic N) is 3. The molecule has 0 aromatic carbocycles. The number of hydrogen-bond acceptors (Lipinski definition) is 3. The van der Waals surface area contributed by atoms with Crippen LogP contribution in [0.2, 0.25) is 0 Å². The van der Waals surface area contributed by atoms with E-state index in [-0.39, 0.29) is 6.04 Å². The van der Waals surface area contributed by atoms with E-state index in [1.165, 1.54) is 6.42 Å². The fourth-order valence-electron chi connectivity index (χ4n) is 3.92. The quantitative estimate of drug-likeness (QED) is 0.731. The fourth-order valence-corrected chi connectivity index (χ4v) is 6.08. The summed E-state index contributed by atoms with van der Waals surface area (Å²) in [5.41, 5.74) is 0. The van der Waals surface area contributed by atoms with Gasteiger partial charge in [-0.05, 0) is 45.1 Å². The van der Waals surface area contributed by atoms with E-state index in [0.717, 1.165) is 32.4 Å². The van der Waals surface area contributed by atoms with Gasteiger partial charge in [0, 0.05) is 44.1 Å². The third-order valence-corrected chi connectivity index (χ3v) is 7.85. The van der Waals surface area contributed by atoms with Gasteiger partial charge in [-0.15, -0.1) is 11.6 Å². The van der Waals surface area contributed by atoms with Gasteiger partial charge >= 0.3 is 0 Å². The normalized spacial score (nSPS) is 34.2. The number of alkyl halides is 1. The molecule has 122 valence electrons. The molecule has 3 saturated heterocycles. The molecule has 0 saturated carbocycles. The summed E-state index contributed by atoms with van der Waals surface area (Å²) < 4.78 is 29.3. The van der Waals surface area contributed by atoms with Crippen molar-refractivity contribution in [3.05, 3.63) is 0 Å². The zero-order valence-electron chi connectivity index (χ0n) is 12.7. The fraction of sp³-hybridized carbons (Fsp3) is 1.00. The van der Waals surface area contributed by atoms with Crippen LogP contribution in [0.5, 0.6) is 0 Å². The first-order valence-corrected chi connectivity index (χ1v) is 10.0. The van der Waals surface area contributed by atoms with Crippen LogP contribution in [0.25, 0.3) is 0 Å². The van der Waals surface area contributed by atoms with E-state index in [1.807, 2.05) is 6.92 Å². The lowest BCUT2D eigenvalue weighted by molar-refractivity contribution is 0.109. The molecule has 0 amide bonds. The van der Waals surface area contributed by atoms with Gasteiger partial charge in [0.25, 0.3) is 10.2 Å². The minimum Gasteiger partial charge on any atom is -0.297 e. The van der Waals surface area contributed by atoms with Crippen molar-refractivity contribution in [1.29, 1.82) is 0 Å². The molecular formula is C14H26ClN3O2S. The van der Waals surface area contributed by atoms with Crippen molar-refractivity contribution in [1.82, 2.24) is 13.5 Å². The van der Waals surface area contributed by atoms with Gasteiger partial charge in [0.1, 0.15) is 0 Å². The molecule has 0 aliphatic carbocycles. The lowest BCUT2D eigenvalue weighted by atomic mass is 10.0. The van der Waals surface area contributed by atoms with E-state index in [9.17, 15) is 8.42 Å². The standard InChI is InChI=1S/C14H26ClN3O2S/c1-12-10-16-6-2-3-14(16)11-18(12)21(19,20)17-7-4-13(9-15)5-8-17/h12-14H,2-11H2,1H3. The van der Waals surface area contributed by atoms with E-state index < -0.39 is 10.2 Å². The molecule has 2 unspecified atom stereocenters. The van der Waals surface area contributed by atoms with Gasteiger partial charge in [-0.3, -0.25) is 4.90 Å². The van der Waals surface area contributed by atoms with Gasteiger partial charge in [0.05, 0.1) is 0 Å². The van der Waals surface area contributed by atoms with E-state index >= 15 is 0 Å². The average Bonchev–Trinajstić information content (AvgIpc) is 2.93. The van der Waals surface area contributed by atoms with Gasteiger partial charge in [0.2, 0.25) is 0 Å². The van der Waals surface area contributed by atoms with Crippen molar-refractivity contribution in [2.24, 2.45) is 5.92 Å². The Labute approximate surface area is 133 Å². The van der Waals surface area contributed by atoms with E-state index in [2.05, 4.69) is 4.90 Å². The highest BCUT2D eigenvalue weighted by atomic mass is 35.5. The van der Waals surface area contributed by atoms with Crippen LogP contribution in [0, 0.1) is 5.92 Å². The van der Waals surface area contributed by atoms with E-state index in [0.29, 0.717) is 37.5 Å². The minimum atomic E-state index is -3.31. The van der Waals surface area contributed by atoms with Crippen molar-refractivity contribution >= 4 is 21.8 Å². The molecule has 2 atom stereocenters. The largest absolute Gasteiger partial charge is 0.297 e. The summed E-state index contributed by atoms with van der Waals surface area (Å²) >= 11 is 5.89. The first kappa shape index (κ1) is 16.0. The maximum Gasteiger partial charge on any atom is 0.282 e. The van der Waals surface area contributed by atoms with Crippen molar-refractivity contribution in [3.8, 4) is 0 Å². The second kappa shape index (κ2) is 6.32. The first-order chi connectivity index (χ1) is 10.0. The van der Waals surface area contributed by atoms with Crippen molar-refractivity contribution in [3.63, 3.8) is 0 Å². The van der Waals surface area contributed by atoms with Crippen LogP contribution in [0.15, 0.2) is 0 Å². The van der Waals surface area contributed by atoms with Crippen molar-refractivity contribution < 1.29 is 8.42 Å². The highest BCUT2D eigenvalue weighted by molar-refractivity contribution is 7.86. The summed E-state index contributed by atoms with van der Waals surface area (Å²) in [6, 6.07) is 0.506.